The molecule has 0 saturated heterocycles. The van der Waals surface area contributed by atoms with E-state index in [2.05, 4.69) is 32.9 Å². The van der Waals surface area contributed by atoms with Gasteiger partial charge in [0.15, 0.2) is 0 Å². The Bertz CT molecular complexity index is 316. The number of hydrogen-bond donors (Lipinski definition) is 1. The third kappa shape index (κ3) is 3.24. The molecule has 1 rings (SSSR count). The summed E-state index contributed by atoms with van der Waals surface area (Å²) in [7, 11) is 0. The second-order valence-electron chi connectivity index (χ2n) is 4.29. The molecule has 2 heteroatoms. The minimum atomic E-state index is 0. The molecule has 0 aliphatic heterocycles. The topological polar surface area (TPSA) is 20.2 Å². The van der Waals surface area contributed by atoms with Crippen molar-refractivity contribution in [2.75, 3.05) is 0 Å². The number of benzene rings is 1. The fourth-order valence-electron chi connectivity index (χ4n) is 1.78. The summed E-state index contributed by atoms with van der Waals surface area (Å²) in [6.45, 7) is 8.54. The van der Waals surface area contributed by atoms with E-state index in [4.69, 9.17) is 0 Å². The van der Waals surface area contributed by atoms with Crippen molar-refractivity contribution in [2.24, 2.45) is 0 Å². The molecule has 0 unspecified atom stereocenters. The van der Waals surface area contributed by atoms with Crippen LogP contribution in [0.1, 0.15) is 44.7 Å². The quantitative estimate of drug-likeness (QED) is 0.766. The first-order valence-electron chi connectivity index (χ1n) is 5.33. The number of aromatic hydroxyl groups is 1. The molecule has 0 aliphatic rings. The molecule has 79 valence electrons. The van der Waals surface area contributed by atoms with Crippen LogP contribution in [0, 0.1) is 6.92 Å². The molecular formula is C13H20NaO. The zero-order valence-corrected chi connectivity index (χ0v) is 12.6. The van der Waals surface area contributed by atoms with E-state index in [1.54, 1.807) is 0 Å². The van der Waals surface area contributed by atoms with E-state index >= 15 is 0 Å². The van der Waals surface area contributed by atoms with E-state index in [9.17, 15) is 5.11 Å². The van der Waals surface area contributed by atoms with Crippen molar-refractivity contribution in [3.05, 3.63) is 29.3 Å². The van der Waals surface area contributed by atoms with E-state index < -0.39 is 0 Å². The SMILES string of the molecule is CCC(C)(CC)c1ccc(C)cc1O.[Na]. The standard InChI is InChI=1S/C13H20O.Na/c1-5-13(4,6-2)11-8-7-10(3)9-12(11)14;/h7-9,14H,5-6H2,1-4H3;. The van der Waals surface area contributed by atoms with Crippen LogP contribution in [0.3, 0.4) is 0 Å². The molecule has 0 heterocycles. The summed E-state index contributed by atoms with van der Waals surface area (Å²) in [6, 6.07) is 5.97. The summed E-state index contributed by atoms with van der Waals surface area (Å²) in [5.41, 5.74) is 2.30. The van der Waals surface area contributed by atoms with Crippen LogP contribution in [0.25, 0.3) is 0 Å². The van der Waals surface area contributed by atoms with Crippen LogP contribution in [-0.4, -0.2) is 34.7 Å². The van der Waals surface area contributed by atoms with E-state index in [1.807, 2.05) is 13.0 Å². The van der Waals surface area contributed by atoms with Crippen LogP contribution in [0.4, 0.5) is 0 Å². The van der Waals surface area contributed by atoms with Crippen molar-refractivity contribution in [1.29, 1.82) is 0 Å². The van der Waals surface area contributed by atoms with E-state index in [1.165, 1.54) is 0 Å². The van der Waals surface area contributed by atoms with Crippen molar-refractivity contribution in [3.8, 4) is 5.75 Å². The van der Waals surface area contributed by atoms with Crippen molar-refractivity contribution in [2.45, 2.75) is 46.0 Å². The minimum absolute atomic E-state index is 0. The average Bonchev–Trinajstić information content (AvgIpc) is 2.17. The van der Waals surface area contributed by atoms with Gasteiger partial charge in [-0.1, -0.05) is 32.9 Å². The molecule has 0 bridgehead atoms. The van der Waals surface area contributed by atoms with Crippen molar-refractivity contribution in [1.82, 2.24) is 0 Å². The molecular weight excluding hydrogens is 195 g/mol. The van der Waals surface area contributed by atoms with Gasteiger partial charge in [0.1, 0.15) is 5.75 Å². The summed E-state index contributed by atoms with van der Waals surface area (Å²) in [4.78, 5) is 0. The van der Waals surface area contributed by atoms with Gasteiger partial charge in [-0.05, 0) is 42.4 Å². The molecule has 1 radical (unpaired) electrons. The average molecular weight is 215 g/mol. The normalized spacial score (nSPS) is 10.9. The number of rotatable bonds is 3. The van der Waals surface area contributed by atoms with E-state index in [-0.39, 0.29) is 35.0 Å². The number of aryl methyl sites for hydroxylation is 1. The predicted molar refractivity (Wildman–Crippen MR) is 66.5 cm³/mol. The molecule has 15 heavy (non-hydrogen) atoms. The van der Waals surface area contributed by atoms with Gasteiger partial charge < -0.3 is 5.11 Å². The number of phenols is 1. The Morgan fingerprint density at radius 3 is 2.13 bits per heavy atom. The van der Waals surface area contributed by atoms with Crippen LogP contribution in [-0.2, 0) is 5.41 Å². The monoisotopic (exact) mass is 215 g/mol. The Morgan fingerprint density at radius 2 is 1.73 bits per heavy atom. The molecule has 0 spiro atoms. The Labute approximate surface area is 115 Å². The molecule has 0 fully saturated rings. The van der Waals surface area contributed by atoms with Crippen molar-refractivity contribution >= 4 is 29.6 Å². The smallest absolute Gasteiger partial charge is 0.119 e. The Kier molecular flexibility index (Phi) is 5.94. The van der Waals surface area contributed by atoms with Crippen LogP contribution >= 0.6 is 0 Å². The largest absolute Gasteiger partial charge is 0.508 e. The van der Waals surface area contributed by atoms with E-state index in [0.29, 0.717) is 5.75 Å². The molecule has 0 aromatic heterocycles. The van der Waals surface area contributed by atoms with Gasteiger partial charge in [-0.25, -0.2) is 0 Å². The Morgan fingerprint density at radius 1 is 1.20 bits per heavy atom. The third-order valence-corrected chi connectivity index (χ3v) is 3.36. The van der Waals surface area contributed by atoms with Gasteiger partial charge in [0.05, 0.1) is 0 Å². The van der Waals surface area contributed by atoms with Crippen LogP contribution in [0.15, 0.2) is 18.2 Å². The molecule has 0 aliphatic carbocycles. The number of hydrogen-bond acceptors (Lipinski definition) is 1. The van der Waals surface area contributed by atoms with Gasteiger partial charge in [0, 0.05) is 29.6 Å². The van der Waals surface area contributed by atoms with Crippen LogP contribution in [0.2, 0.25) is 0 Å². The first-order valence-corrected chi connectivity index (χ1v) is 5.33. The van der Waals surface area contributed by atoms with Crippen molar-refractivity contribution < 1.29 is 5.11 Å². The van der Waals surface area contributed by atoms with Crippen molar-refractivity contribution in [3.63, 3.8) is 0 Å². The molecule has 1 aromatic carbocycles. The summed E-state index contributed by atoms with van der Waals surface area (Å²) < 4.78 is 0. The number of phenolic OH excluding ortho intramolecular Hbond substituents is 1. The second-order valence-corrected chi connectivity index (χ2v) is 4.29. The molecule has 1 nitrogen and oxygen atoms in total. The fraction of sp³-hybridized carbons (Fsp3) is 0.538. The third-order valence-electron chi connectivity index (χ3n) is 3.36. The van der Waals surface area contributed by atoms with Gasteiger partial charge in [0.2, 0.25) is 0 Å². The summed E-state index contributed by atoms with van der Waals surface area (Å²) in [6.07, 6.45) is 2.11. The first-order chi connectivity index (χ1) is 6.53. The first kappa shape index (κ1) is 15.0. The molecule has 0 amide bonds. The van der Waals surface area contributed by atoms with Crippen LogP contribution < -0.4 is 0 Å². The maximum absolute atomic E-state index is 9.89. The summed E-state index contributed by atoms with van der Waals surface area (Å²) in [5, 5.41) is 9.89. The van der Waals surface area contributed by atoms with Crippen LogP contribution in [0.5, 0.6) is 5.75 Å². The maximum atomic E-state index is 9.89. The fourth-order valence-corrected chi connectivity index (χ4v) is 1.78. The molecule has 1 N–H and O–H groups in total. The second kappa shape index (κ2) is 5.93. The Balaban J connectivity index is 0.00000196. The zero-order chi connectivity index (χ0) is 10.8. The summed E-state index contributed by atoms with van der Waals surface area (Å²) >= 11 is 0. The summed E-state index contributed by atoms with van der Waals surface area (Å²) in [5.74, 6) is 0.441. The zero-order valence-electron chi connectivity index (χ0n) is 10.6. The Hall–Kier alpha value is 0.0200. The van der Waals surface area contributed by atoms with Gasteiger partial charge in [0.25, 0.3) is 0 Å². The van der Waals surface area contributed by atoms with E-state index in [0.717, 1.165) is 24.0 Å². The van der Waals surface area contributed by atoms with Gasteiger partial charge in [-0.3, -0.25) is 0 Å². The van der Waals surface area contributed by atoms with Gasteiger partial charge in [-0.2, -0.15) is 0 Å². The molecule has 0 atom stereocenters. The predicted octanol–water partition coefficient (Wildman–Crippen LogP) is 3.40. The maximum Gasteiger partial charge on any atom is 0.119 e. The molecule has 1 aromatic rings. The molecule has 0 saturated carbocycles. The minimum Gasteiger partial charge on any atom is -0.508 e. The van der Waals surface area contributed by atoms with Gasteiger partial charge >= 0.3 is 0 Å². The van der Waals surface area contributed by atoms with Gasteiger partial charge in [-0.15, -0.1) is 0 Å².